The molecule has 0 amide bonds. The molecule has 158 valence electrons. The topological polar surface area (TPSA) is 107 Å². The zero-order valence-corrected chi connectivity index (χ0v) is 16.8. The predicted molar refractivity (Wildman–Crippen MR) is 110 cm³/mol. The van der Waals surface area contributed by atoms with Gasteiger partial charge in [0.15, 0.2) is 0 Å². The van der Waals surface area contributed by atoms with Crippen LogP contribution >= 0.6 is 0 Å². The Balaban J connectivity index is 2.01. The number of nitrogens with zero attached hydrogens (tertiary/aromatic N) is 2. The van der Waals surface area contributed by atoms with Crippen LogP contribution in [0.15, 0.2) is 24.3 Å². The Labute approximate surface area is 167 Å². The van der Waals surface area contributed by atoms with E-state index in [-0.39, 0.29) is 28.6 Å². The van der Waals surface area contributed by atoms with E-state index in [1.807, 2.05) is 0 Å². The van der Waals surface area contributed by atoms with Gasteiger partial charge in [0.1, 0.15) is 5.75 Å². The highest BCUT2D eigenvalue weighted by molar-refractivity contribution is 5.32. The first-order valence-electron chi connectivity index (χ1n) is 10.5. The molecule has 0 aliphatic carbocycles. The molecule has 1 aromatic carbocycles. The van der Waals surface area contributed by atoms with Gasteiger partial charge in [-0.1, -0.05) is 69.6 Å². The minimum absolute atomic E-state index is 0.0871. The third-order valence-corrected chi connectivity index (χ3v) is 5.12. The monoisotopic (exact) mass is 394 g/mol. The molecule has 0 bridgehead atoms. The summed E-state index contributed by atoms with van der Waals surface area (Å²) in [6, 6.07) is 6.19. The summed E-state index contributed by atoms with van der Waals surface area (Å²) in [5.41, 5.74) is 0.641. The number of phenols is 1. The number of aromatic hydroxyl groups is 1. The first kappa shape index (κ1) is 23.9. The molecule has 7 nitrogen and oxygen atoms in total. The molecular formula is C21H34N2O5. The molecule has 0 saturated heterocycles. The molecule has 28 heavy (non-hydrogen) atoms. The number of rotatable bonds is 17. The van der Waals surface area contributed by atoms with Gasteiger partial charge in [0.05, 0.1) is 0 Å². The maximum atomic E-state index is 11.3. The maximum Gasteiger partial charge on any atom is 0.217 e. The van der Waals surface area contributed by atoms with Gasteiger partial charge in [0.2, 0.25) is 12.6 Å². The van der Waals surface area contributed by atoms with Crippen LogP contribution in [0.4, 0.5) is 0 Å². The van der Waals surface area contributed by atoms with Crippen LogP contribution in [0.1, 0.15) is 82.6 Å². The summed E-state index contributed by atoms with van der Waals surface area (Å²) >= 11 is 0. The lowest BCUT2D eigenvalue weighted by Gasteiger charge is -2.10. The van der Waals surface area contributed by atoms with Crippen LogP contribution in [0.5, 0.6) is 5.75 Å². The summed E-state index contributed by atoms with van der Waals surface area (Å²) in [4.78, 5) is 21.0. The number of unbranched alkanes of at least 4 members (excludes halogenated alkanes) is 10. The molecule has 7 heteroatoms. The van der Waals surface area contributed by atoms with Crippen LogP contribution < -0.4 is 0 Å². The molecule has 0 heterocycles. The first-order valence-corrected chi connectivity index (χ1v) is 10.5. The van der Waals surface area contributed by atoms with E-state index in [1.54, 1.807) is 24.3 Å². The number of phenolic OH excluding ortho intramolecular Hbond substituents is 1. The molecule has 1 N–H and O–H groups in total. The van der Waals surface area contributed by atoms with Crippen molar-refractivity contribution in [1.29, 1.82) is 0 Å². The standard InChI is InChI=1S/C21H34N2O5/c24-21-16-12-11-14-19(21)18-20(23(27)28)15-10-8-6-4-2-1-3-5-7-9-13-17-22(25)26/h11-12,14,16,20,24H,1-10,13,15,17-18H2. The minimum Gasteiger partial charge on any atom is -0.508 e. The van der Waals surface area contributed by atoms with Crippen molar-refractivity contribution in [2.24, 2.45) is 0 Å². The smallest absolute Gasteiger partial charge is 0.217 e. The van der Waals surface area contributed by atoms with Gasteiger partial charge in [0.25, 0.3) is 0 Å². The molecule has 1 atom stereocenters. The second-order valence-corrected chi connectivity index (χ2v) is 7.51. The Hall–Kier alpha value is -2.18. The zero-order chi connectivity index (χ0) is 20.6. The van der Waals surface area contributed by atoms with Crippen LogP contribution in [0.3, 0.4) is 0 Å². The van der Waals surface area contributed by atoms with Crippen molar-refractivity contribution in [3.8, 4) is 5.75 Å². The van der Waals surface area contributed by atoms with E-state index >= 15 is 0 Å². The molecule has 1 unspecified atom stereocenters. The second kappa shape index (κ2) is 14.8. The van der Waals surface area contributed by atoms with Crippen molar-refractivity contribution in [2.75, 3.05) is 6.54 Å². The Morgan fingerprint density at radius 2 is 1.29 bits per heavy atom. The van der Waals surface area contributed by atoms with Crippen LogP contribution in [0.25, 0.3) is 0 Å². The highest BCUT2D eigenvalue weighted by Gasteiger charge is 2.21. The van der Waals surface area contributed by atoms with E-state index in [9.17, 15) is 25.3 Å². The first-order chi connectivity index (χ1) is 13.5. The lowest BCUT2D eigenvalue weighted by molar-refractivity contribution is -0.523. The summed E-state index contributed by atoms with van der Waals surface area (Å²) in [7, 11) is 0. The van der Waals surface area contributed by atoms with Gasteiger partial charge in [-0.05, 0) is 18.9 Å². The largest absolute Gasteiger partial charge is 0.508 e. The van der Waals surface area contributed by atoms with Crippen LogP contribution in [0.2, 0.25) is 0 Å². The second-order valence-electron chi connectivity index (χ2n) is 7.51. The predicted octanol–water partition coefficient (Wildman–Crippen LogP) is 5.54. The Morgan fingerprint density at radius 1 is 0.786 bits per heavy atom. The molecule has 0 spiro atoms. The molecule has 0 saturated carbocycles. The van der Waals surface area contributed by atoms with Crippen molar-refractivity contribution in [3.63, 3.8) is 0 Å². The molecule has 0 fully saturated rings. The molecule has 1 rings (SSSR count). The van der Waals surface area contributed by atoms with Crippen LogP contribution in [0, 0.1) is 20.2 Å². The van der Waals surface area contributed by atoms with Crippen molar-refractivity contribution in [1.82, 2.24) is 0 Å². The normalized spacial score (nSPS) is 12.0. The zero-order valence-electron chi connectivity index (χ0n) is 16.8. The Morgan fingerprint density at radius 3 is 1.79 bits per heavy atom. The average molecular weight is 395 g/mol. The van der Waals surface area contributed by atoms with Gasteiger partial charge >= 0.3 is 0 Å². The van der Waals surface area contributed by atoms with E-state index < -0.39 is 6.04 Å². The summed E-state index contributed by atoms with van der Waals surface area (Å²) in [5, 5.41) is 31.3. The fraction of sp³-hybridized carbons (Fsp3) is 0.714. The van der Waals surface area contributed by atoms with E-state index in [4.69, 9.17) is 0 Å². The van der Waals surface area contributed by atoms with Gasteiger partial charge in [-0.25, -0.2) is 0 Å². The highest BCUT2D eigenvalue weighted by atomic mass is 16.6. The molecule has 0 aromatic heterocycles. The summed E-state index contributed by atoms with van der Waals surface area (Å²) in [5.74, 6) is 0.132. The molecule has 0 radical (unpaired) electrons. The van der Waals surface area contributed by atoms with Crippen molar-refractivity contribution in [3.05, 3.63) is 50.1 Å². The van der Waals surface area contributed by atoms with E-state index in [1.165, 1.54) is 19.3 Å². The lowest BCUT2D eigenvalue weighted by Crippen LogP contribution is -2.22. The number of hydrogen-bond donors (Lipinski definition) is 1. The van der Waals surface area contributed by atoms with Gasteiger partial charge in [-0.3, -0.25) is 20.2 Å². The van der Waals surface area contributed by atoms with Gasteiger partial charge in [-0.2, -0.15) is 0 Å². The van der Waals surface area contributed by atoms with E-state index in [2.05, 4.69) is 0 Å². The quantitative estimate of drug-likeness (QED) is 0.212. The van der Waals surface area contributed by atoms with Crippen LogP contribution in [-0.2, 0) is 6.42 Å². The molecular weight excluding hydrogens is 360 g/mol. The van der Waals surface area contributed by atoms with Crippen molar-refractivity contribution >= 4 is 0 Å². The molecule has 0 aliphatic rings. The fourth-order valence-corrected chi connectivity index (χ4v) is 3.43. The third kappa shape index (κ3) is 11.5. The fourth-order valence-electron chi connectivity index (χ4n) is 3.43. The summed E-state index contributed by atoms with van der Waals surface area (Å²) < 4.78 is 0. The molecule has 1 aromatic rings. The minimum atomic E-state index is -0.636. The number of para-hydroxylation sites is 1. The van der Waals surface area contributed by atoms with Crippen LogP contribution in [-0.4, -0.2) is 27.5 Å². The van der Waals surface area contributed by atoms with E-state index in [0.717, 1.165) is 44.9 Å². The average Bonchev–Trinajstić information content (AvgIpc) is 2.65. The summed E-state index contributed by atoms with van der Waals surface area (Å²) in [6.07, 6.45) is 12.3. The number of benzene rings is 1. The van der Waals surface area contributed by atoms with Crippen molar-refractivity contribution in [2.45, 2.75) is 89.5 Å². The number of hydrogen-bond acceptors (Lipinski definition) is 5. The van der Waals surface area contributed by atoms with E-state index in [0.29, 0.717) is 18.4 Å². The van der Waals surface area contributed by atoms with Gasteiger partial charge in [-0.15, -0.1) is 0 Å². The summed E-state index contributed by atoms with van der Waals surface area (Å²) in [6.45, 7) is 0.0871. The van der Waals surface area contributed by atoms with Crippen molar-refractivity contribution < 1.29 is 15.0 Å². The highest BCUT2D eigenvalue weighted by Crippen LogP contribution is 2.21. The van der Waals surface area contributed by atoms with Gasteiger partial charge in [0, 0.05) is 34.7 Å². The Kier molecular flexibility index (Phi) is 12.6. The lowest BCUT2D eigenvalue weighted by atomic mass is 9.99. The number of nitro groups is 2. The third-order valence-electron chi connectivity index (χ3n) is 5.12. The van der Waals surface area contributed by atoms with Gasteiger partial charge < -0.3 is 5.11 Å². The molecule has 0 aliphatic heterocycles. The maximum absolute atomic E-state index is 11.3. The Bertz CT molecular complexity index is 580. The SMILES string of the molecule is O=[N+]([O-])CCCCCCCCCCCCCC(Cc1ccccc1O)[N+](=O)[O-].